The molecule has 0 spiro atoms. The first kappa shape index (κ1) is 19.9. The van der Waals surface area contributed by atoms with Crippen molar-refractivity contribution >= 4 is 51.8 Å². The molecule has 3 aromatic heterocycles. The van der Waals surface area contributed by atoms with E-state index in [2.05, 4.69) is 31.2 Å². The first-order valence-electron chi connectivity index (χ1n) is 8.64. The predicted octanol–water partition coefficient (Wildman–Crippen LogP) is 4.62. The summed E-state index contributed by atoms with van der Waals surface area (Å²) in [5.74, 6) is 0.0367. The van der Waals surface area contributed by atoms with Crippen molar-refractivity contribution in [1.82, 2.24) is 25.2 Å². The Balaban J connectivity index is 1.57. The fourth-order valence-corrected chi connectivity index (χ4v) is 3.33. The standard InChI is InChI=1S/C19H14Cl2FN7O/c1-29-18-14(9-23-29)13(10-2-4-11(22)5-3-10)8-17(26-18)27-28-19(30)24-12-6-15(20)25-16(21)7-12/h2-9H,1H3,(H,26,27)(H2,24,25,28,30). The third-order valence-electron chi connectivity index (χ3n) is 4.19. The molecular formula is C19H14Cl2FN7O. The van der Waals surface area contributed by atoms with Gasteiger partial charge in [0, 0.05) is 18.1 Å². The zero-order valence-corrected chi connectivity index (χ0v) is 17.0. The molecule has 0 unspecified atom stereocenters. The van der Waals surface area contributed by atoms with Gasteiger partial charge in [0.2, 0.25) is 0 Å². The lowest BCUT2D eigenvalue weighted by Crippen LogP contribution is -2.34. The van der Waals surface area contributed by atoms with Gasteiger partial charge in [-0.3, -0.25) is 15.5 Å². The molecule has 11 heteroatoms. The van der Waals surface area contributed by atoms with E-state index in [1.165, 1.54) is 24.3 Å². The largest absolute Gasteiger partial charge is 0.337 e. The number of hydrogen-bond acceptors (Lipinski definition) is 5. The topological polar surface area (TPSA) is 96.8 Å². The van der Waals surface area contributed by atoms with E-state index in [0.29, 0.717) is 17.2 Å². The monoisotopic (exact) mass is 445 g/mol. The number of anilines is 2. The van der Waals surface area contributed by atoms with Crippen LogP contribution >= 0.6 is 23.2 Å². The van der Waals surface area contributed by atoms with Crippen LogP contribution in [-0.4, -0.2) is 25.8 Å². The van der Waals surface area contributed by atoms with E-state index in [1.54, 1.807) is 36.1 Å². The summed E-state index contributed by atoms with van der Waals surface area (Å²) < 4.78 is 14.9. The minimum absolute atomic E-state index is 0.151. The molecule has 4 aromatic rings. The van der Waals surface area contributed by atoms with Crippen LogP contribution in [0.15, 0.2) is 48.7 Å². The second-order valence-corrected chi connectivity index (χ2v) is 7.05. The van der Waals surface area contributed by atoms with Gasteiger partial charge < -0.3 is 5.32 Å². The summed E-state index contributed by atoms with van der Waals surface area (Å²) in [5.41, 5.74) is 7.78. The van der Waals surface area contributed by atoms with E-state index in [1.807, 2.05) is 0 Å². The molecule has 0 aliphatic heterocycles. The van der Waals surface area contributed by atoms with Gasteiger partial charge >= 0.3 is 6.03 Å². The van der Waals surface area contributed by atoms with Crippen LogP contribution in [-0.2, 0) is 7.05 Å². The Morgan fingerprint density at radius 2 is 1.77 bits per heavy atom. The van der Waals surface area contributed by atoms with Gasteiger partial charge in [-0.05, 0) is 41.5 Å². The average Bonchev–Trinajstić information content (AvgIpc) is 3.07. The molecule has 3 heterocycles. The highest BCUT2D eigenvalue weighted by molar-refractivity contribution is 6.33. The third-order valence-corrected chi connectivity index (χ3v) is 4.57. The van der Waals surface area contributed by atoms with Crippen molar-refractivity contribution in [2.45, 2.75) is 0 Å². The lowest BCUT2D eigenvalue weighted by atomic mass is 10.0. The lowest BCUT2D eigenvalue weighted by molar-refractivity contribution is 0.254. The highest BCUT2D eigenvalue weighted by Gasteiger charge is 2.12. The van der Waals surface area contributed by atoms with Gasteiger partial charge in [0.25, 0.3) is 0 Å². The maximum atomic E-state index is 13.3. The summed E-state index contributed by atoms with van der Waals surface area (Å²) in [6, 6.07) is 10.2. The smallest absolute Gasteiger partial charge is 0.306 e. The Labute approximate surface area is 180 Å². The minimum atomic E-state index is -0.566. The van der Waals surface area contributed by atoms with Crippen molar-refractivity contribution in [1.29, 1.82) is 0 Å². The zero-order valence-electron chi connectivity index (χ0n) is 15.4. The summed E-state index contributed by atoms with van der Waals surface area (Å²) in [6.07, 6.45) is 1.68. The molecule has 1 aromatic carbocycles. The van der Waals surface area contributed by atoms with Crippen LogP contribution in [0.3, 0.4) is 0 Å². The highest BCUT2D eigenvalue weighted by atomic mass is 35.5. The van der Waals surface area contributed by atoms with E-state index in [-0.39, 0.29) is 16.1 Å². The SMILES string of the molecule is Cn1ncc2c(-c3ccc(F)cc3)cc(NNC(=O)Nc3cc(Cl)nc(Cl)c3)nc21. The fraction of sp³-hybridized carbons (Fsp3) is 0.0526. The van der Waals surface area contributed by atoms with E-state index in [4.69, 9.17) is 23.2 Å². The van der Waals surface area contributed by atoms with Crippen LogP contribution in [0.5, 0.6) is 0 Å². The molecule has 0 aliphatic carbocycles. The number of aromatic nitrogens is 4. The molecule has 0 bridgehead atoms. The van der Waals surface area contributed by atoms with Crippen LogP contribution in [0.2, 0.25) is 10.3 Å². The quantitative estimate of drug-likeness (QED) is 0.314. The Bertz CT molecular complexity index is 1220. The summed E-state index contributed by atoms with van der Waals surface area (Å²) >= 11 is 11.7. The maximum absolute atomic E-state index is 13.3. The summed E-state index contributed by atoms with van der Waals surface area (Å²) in [6.45, 7) is 0. The van der Waals surface area contributed by atoms with Gasteiger partial charge in [0.1, 0.15) is 21.9 Å². The van der Waals surface area contributed by atoms with Crippen LogP contribution in [0, 0.1) is 5.82 Å². The number of carbonyl (C=O) groups is 1. The molecule has 0 atom stereocenters. The highest BCUT2D eigenvalue weighted by Crippen LogP contribution is 2.30. The second kappa shape index (κ2) is 8.13. The van der Waals surface area contributed by atoms with Crippen molar-refractivity contribution < 1.29 is 9.18 Å². The number of benzene rings is 1. The van der Waals surface area contributed by atoms with E-state index < -0.39 is 6.03 Å². The number of halogens is 3. The summed E-state index contributed by atoms with van der Waals surface area (Å²) in [4.78, 5) is 20.5. The summed E-state index contributed by atoms with van der Waals surface area (Å²) in [7, 11) is 1.75. The van der Waals surface area contributed by atoms with E-state index >= 15 is 0 Å². The first-order valence-corrected chi connectivity index (χ1v) is 9.39. The number of hydrazine groups is 1. The van der Waals surface area contributed by atoms with E-state index in [9.17, 15) is 9.18 Å². The maximum Gasteiger partial charge on any atom is 0.337 e. The van der Waals surface area contributed by atoms with Gasteiger partial charge in [-0.2, -0.15) is 5.10 Å². The second-order valence-electron chi connectivity index (χ2n) is 6.27. The number of hydrogen-bond donors (Lipinski definition) is 3. The Kier molecular flexibility index (Phi) is 5.39. The average molecular weight is 446 g/mol. The lowest BCUT2D eigenvalue weighted by Gasteiger charge is -2.12. The number of carbonyl (C=O) groups excluding carboxylic acids is 1. The molecule has 0 saturated heterocycles. The number of fused-ring (bicyclic) bond motifs is 1. The molecule has 0 fully saturated rings. The third kappa shape index (κ3) is 4.27. The molecule has 4 rings (SSSR count). The Morgan fingerprint density at radius 1 is 1.07 bits per heavy atom. The number of urea groups is 1. The van der Waals surface area contributed by atoms with Crippen LogP contribution in [0.25, 0.3) is 22.2 Å². The van der Waals surface area contributed by atoms with Gasteiger partial charge in [0.05, 0.1) is 6.20 Å². The fourth-order valence-electron chi connectivity index (χ4n) is 2.87. The van der Waals surface area contributed by atoms with Crippen molar-refractivity contribution in [3.63, 3.8) is 0 Å². The Hall–Kier alpha value is -3.43. The van der Waals surface area contributed by atoms with Gasteiger partial charge in [0.15, 0.2) is 5.65 Å². The van der Waals surface area contributed by atoms with Gasteiger partial charge in [-0.1, -0.05) is 35.3 Å². The molecule has 8 nitrogen and oxygen atoms in total. The normalized spacial score (nSPS) is 10.8. The number of pyridine rings is 2. The number of aryl methyl sites for hydroxylation is 1. The zero-order chi connectivity index (χ0) is 21.3. The molecule has 0 aliphatic rings. The van der Waals surface area contributed by atoms with Gasteiger partial charge in [-0.15, -0.1) is 0 Å². The molecule has 2 amide bonds. The molecule has 0 radical (unpaired) electrons. The first-order chi connectivity index (χ1) is 14.4. The molecule has 3 N–H and O–H groups in total. The molecule has 0 saturated carbocycles. The number of nitrogens with one attached hydrogen (secondary N) is 3. The van der Waals surface area contributed by atoms with Crippen LogP contribution < -0.4 is 16.2 Å². The van der Waals surface area contributed by atoms with Gasteiger partial charge in [-0.25, -0.2) is 19.2 Å². The van der Waals surface area contributed by atoms with Crippen molar-refractivity contribution in [2.24, 2.45) is 7.05 Å². The van der Waals surface area contributed by atoms with Crippen LogP contribution in [0.1, 0.15) is 0 Å². The minimum Gasteiger partial charge on any atom is -0.306 e. The predicted molar refractivity (Wildman–Crippen MR) is 114 cm³/mol. The molecule has 30 heavy (non-hydrogen) atoms. The number of nitrogens with zero attached hydrogens (tertiary/aromatic N) is 4. The summed E-state index contributed by atoms with van der Waals surface area (Å²) in [5, 5.41) is 7.91. The molecule has 152 valence electrons. The molecular weight excluding hydrogens is 432 g/mol. The van der Waals surface area contributed by atoms with Crippen LogP contribution in [0.4, 0.5) is 20.7 Å². The van der Waals surface area contributed by atoms with Crippen molar-refractivity contribution in [3.05, 3.63) is 64.8 Å². The van der Waals surface area contributed by atoms with E-state index in [0.717, 1.165) is 16.5 Å². The van der Waals surface area contributed by atoms with Crippen molar-refractivity contribution in [3.8, 4) is 11.1 Å². The number of rotatable bonds is 4. The number of amides is 2. The van der Waals surface area contributed by atoms with Crippen molar-refractivity contribution in [2.75, 3.05) is 10.7 Å². The Morgan fingerprint density at radius 3 is 2.47 bits per heavy atom.